The number of aromatic hydroxyl groups is 1. The van der Waals surface area contributed by atoms with Crippen molar-refractivity contribution < 1.29 is 9.90 Å². The van der Waals surface area contributed by atoms with Crippen LogP contribution in [0.1, 0.15) is 44.4 Å². The van der Waals surface area contributed by atoms with Crippen LogP contribution < -0.4 is 10.2 Å². The van der Waals surface area contributed by atoms with E-state index in [-0.39, 0.29) is 17.7 Å². The predicted octanol–water partition coefficient (Wildman–Crippen LogP) is 3.98. The van der Waals surface area contributed by atoms with E-state index in [1.54, 1.807) is 12.1 Å². The molecule has 0 aromatic heterocycles. The Morgan fingerprint density at radius 3 is 2.20 bits per heavy atom. The number of nitrogens with zero attached hydrogens (tertiary/aromatic N) is 2. The molecule has 0 radical (unpaired) electrons. The van der Waals surface area contributed by atoms with Crippen molar-refractivity contribution in [1.29, 1.82) is 0 Å². The van der Waals surface area contributed by atoms with Gasteiger partial charge in [-0.15, -0.1) is 0 Å². The number of aryl methyl sites for hydroxylation is 1. The molecule has 1 amide bonds. The van der Waals surface area contributed by atoms with E-state index in [1.165, 1.54) is 11.1 Å². The number of piperazine rings is 1. The molecule has 1 atom stereocenters. The molecule has 2 N–H and O–H groups in total. The molecule has 1 aliphatic rings. The van der Waals surface area contributed by atoms with E-state index in [9.17, 15) is 9.90 Å². The molecule has 0 saturated carbocycles. The van der Waals surface area contributed by atoms with Gasteiger partial charge < -0.3 is 20.2 Å². The maximum Gasteiger partial charge on any atom is 0.236 e. The normalized spacial score (nSPS) is 15.5. The topological polar surface area (TPSA) is 55.8 Å². The van der Waals surface area contributed by atoms with Crippen molar-refractivity contribution in [3.05, 3.63) is 59.7 Å². The first-order chi connectivity index (χ1) is 14.5. The van der Waals surface area contributed by atoms with Gasteiger partial charge in [-0.1, -0.05) is 51.5 Å². The number of benzene rings is 2. The van der Waals surface area contributed by atoms with Gasteiger partial charge in [-0.25, -0.2) is 0 Å². The summed E-state index contributed by atoms with van der Waals surface area (Å²) in [5.41, 5.74) is 3.70. The number of phenolic OH excluding ortho intramolecular Hbond substituents is 1. The second-order valence-electron chi connectivity index (χ2n) is 8.48. The Balaban J connectivity index is 1.51. The second kappa shape index (κ2) is 10.5. The first-order valence-corrected chi connectivity index (χ1v) is 11.1. The second-order valence-corrected chi connectivity index (χ2v) is 8.48. The number of hydrogen-bond donors (Lipinski definition) is 2. The predicted molar refractivity (Wildman–Crippen MR) is 123 cm³/mol. The number of phenols is 1. The Morgan fingerprint density at radius 1 is 1.00 bits per heavy atom. The Kier molecular flexibility index (Phi) is 7.75. The zero-order valence-electron chi connectivity index (χ0n) is 18.5. The Labute approximate surface area is 180 Å². The third kappa shape index (κ3) is 5.76. The van der Waals surface area contributed by atoms with Crippen molar-refractivity contribution in [2.24, 2.45) is 5.92 Å². The fraction of sp³-hybridized carbons (Fsp3) is 0.480. The van der Waals surface area contributed by atoms with Crippen LogP contribution in [0.3, 0.4) is 0 Å². The van der Waals surface area contributed by atoms with Crippen LogP contribution in [0.2, 0.25) is 0 Å². The molecule has 162 valence electrons. The van der Waals surface area contributed by atoms with Gasteiger partial charge in [-0.05, 0) is 47.7 Å². The number of amides is 1. The summed E-state index contributed by atoms with van der Waals surface area (Å²) in [5.74, 6) is 0.841. The molecule has 0 bridgehead atoms. The number of carbonyl (C=O) groups is 1. The molecular weight excluding hydrogens is 374 g/mol. The minimum atomic E-state index is 0.161. The van der Waals surface area contributed by atoms with Gasteiger partial charge in [-0.3, -0.25) is 4.79 Å². The number of hydrogen-bond acceptors (Lipinski definition) is 4. The van der Waals surface area contributed by atoms with Crippen molar-refractivity contribution in [3.8, 4) is 5.75 Å². The van der Waals surface area contributed by atoms with Gasteiger partial charge in [0.15, 0.2) is 0 Å². The molecule has 3 rings (SSSR count). The van der Waals surface area contributed by atoms with Gasteiger partial charge in [0.2, 0.25) is 5.91 Å². The highest BCUT2D eigenvalue weighted by atomic mass is 16.3. The summed E-state index contributed by atoms with van der Waals surface area (Å²) in [5, 5.41) is 13.0. The van der Waals surface area contributed by atoms with Crippen molar-refractivity contribution in [2.75, 3.05) is 37.6 Å². The quantitative estimate of drug-likeness (QED) is 0.692. The smallest absolute Gasteiger partial charge is 0.236 e. The average Bonchev–Trinajstić information content (AvgIpc) is 2.75. The van der Waals surface area contributed by atoms with Gasteiger partial charge >= 0.3 is 0 Å². The Hall–Kier alpha value is -2.53. The largest absolute Gasteiger partial charge is 0.508 e. The molecule has 1 fully saturated rings. The number of nitrogens with one attached hydrogen (secondary N) is 1. The summed E-state index contributed by atoms with van der Waals surface area (Å²) in [4.78, 5) is 17.0. The van der Waals surface area contributed by atoms with E-state index in [4.69, 9.17) is 0 Å². The first-order valence-electron chi connectivity index (χ1n) is 11.1. The Morgan fingerprint density at radius 2 is 1.63 bits per heavy atom. The lowest BCUT2D eigenvalue weighted by Crippen LogP contribution is -2.51. The van der Waals surface area contributed by atoms with Gasteiger partial charge in [0.05, 0.1) is 6.54 Å². The van der Waals surface area contributed by atoms with E-state index < -0.39 is 0 Å². The van der Waals surface area contributed by atoms with Gasteiger partial charge in [0, 0.05) is 37.9 Å². The van der Waals surface area contributed by atoms with Crippen molar-refractivity contribution in [3.63, 3.8) is 0 Å². The van der Waals surface area contributed by atoms with Crippen LogP contribution in [0.4, 0.5) is 5.69 Å². The molecule has 0 spiro atoms. The fourth-order valence-electron chi connectivity index (χ4n) is 4.11. The summed E-state index contributed by atoms with van der Waals surface area (Å²) in [6.45, 7) is 10.0. The highest BCUT2D eigenvalue weighted by Crippen LogP contribution is 2.23. The zero-order chi connectivity index (χ0) is 21.5. The Bertz CT molecular complexity index is 794. The molecule has 2 aromatic carbocycles. The van der Waals surface area contributed by atoms with Crippen molar-refractivity contribution in [1.82, 2.24) is 10.2 Å². The van der Waals surface area contributed by atoms with Crippen LogP contribution in [-0.2, 0) is 11.2 Å². The van der Waals surface area contributed by atoms with E-state index in [0.717, 1.165) is 44.7 Å². The third-order valence-corrected chi connectivity index (χ3v) is 5.86. The minimum Gasteiger partial charge on any atom is -0.508 e. The van der Waals surface area contributed by atoms with E-state index >= 15 is 0 Å². The lowest BCUT2D eigenvalue weighted by molar-refractivity contribution is -0.130. The molecule has 1 heterocycles. The number of anilines is 1. The van der Waals surface area contributed by atoms with E-state index in [2.05, 4.69) is 55.3 Å². The highest BCUT2D eigenvalue weighted by Gasteiger charge is 2.23. The minimum absolute atomic E-state index is 0.161. The molecule has 2 aromatic rings. The summed E-state index contributed by atoms with van der Waals surface area (Å²) < 4.78 is 0. The van der Waals surface area contributed by atoms with Crippen LogP contribution in [0.25, 0.3) is 0 Å². The van der Waals surface area contributed by atoms with E-state index in [1.807, 2.05) is 17.0 Å². The molecular formula is C25H35N3O2. The third-order valence-electron chi connectivity index (χ3n) is 5.86. The number of carbonyl (C=O) groups excluding carboxylic acids is 1. The fourth-order valence-corrected chi connectivity index (χ4v) is 4.11. The molecule has 1 saturated heterocycles. The average molecular weight is 410 g/mol. The van der Waals surface area contributed by atoms with Crippen molar-refractivity contribution >= 4 is 11.6 Å². The summed E-state index contributed by atoms with van der Waals surface area (Å²) >= 11 is 0. The molecule has 5 heteroatoms. The monoisotopic (exact) mass is 409 g/mol. The van der Waals surface area contributed by atoms with Crippen LogP contribution in [0.5, 0.6) is 5.75 Å². The standard InChI is InChI=1S/C25H35N3O2/c1-4-5-20-6-8-21(9-7-20)25(19(2)3)26-18-24(30)28-16-14-27(15-17-28)22-10-12-23(29)13-11-22/h6-13,19,25-26,29H,4-5,14-18H2,1-3H3/t25-/m1/s1. The summed E-state index contributed by atoms with van der Waals surface area (Å²) in [7, 11) is 0. The van der Waals surface area contributed by atoms with Crippen molar-refractivity contribution in [2.45, 2.75) is 39.7 Å². The maximum atomic E-state index is 12.8. The number of rotatable bonds is 8. The molecule has 0 unspecified atom stereocenters. The molecule has 30 heavy (non-hydrogen) atoms. The molecule has 0 aliphatic carbocycles. The highest BCUT2D eigenvalue weighted by molar-refractivity contribution is 5.78. The van der Waals surface area contributed by atoms with E-state index in [0.29, 0.717) is 12.5 Å². The summed E-state index contributed by atoms with van der Waals surface area (Å²) in [6.07, 6.45) is 2.26. The SMILES string of the molecule is CCCc1ccc([C@H](NCC(=O)N2CCN(c3ccc(O)cc3)CC2)C(C)C)cc1. The molecule has 1 aliphatic heterocycles. The van der Waals surface area contributed by atoms with Gasteiger partial charge in [-0.2, -0.15) is 0 Å². The maximum absolute atomic E-state index is 12.8. The first kappa shape index (κ1) is 22.2. The summed E-state index contributed by atoms with van der Waals surface area (Å²) in [6, 6.07) is 16.2. The van der Waals surface area contributed by atoms with Crippen LogP contribution in [-0.4, -0.2) is 48.6 Å². The lowest BCUT2D eigenvalue weighted by atomic mass is 9.94. The van der Waals surface area contributed by atoms with Gasteiger partial charge in [0.25, 0.3) is 0 Å². The van der Waals surface area contributed by atoms with Crippen LogP contribution in [0, 0.1) is 5.92 Å². The zero-order valence-corrected chi connectivity index (χ0v) is 18.5. The van der Waals surface area contributed by atoms with Crippen LogP contribution in [0.15, 0.2) is 48.5 Å². The van der Waals surface area contributed by atoms with Crippen LogP contribution >= 0.6 is 0 Å². The lowest BCUT2D eigenvalue weighted by Gasteiger charge is -2.36. The molecule has 5 nitrogen and oxygen atoms in total. The van der Waals surface area contributed by atoms with Gasteiger partial charge in [0.1, 0.15) is 5.75 Å².